The van der Waals surface area contributed by atoms with Crippen LogP contribution in [-0.4, -0.2) is 16.7 Å². The molecule has 0 bridgehead atoms. The Kier molecular flexibility index (Phi) is 6.91. The highest BCUT2D eigenvalue weighted by Gasteiger charge is 2.10. The van der Waals surface area contributed by atoms with Crippen LogP contribution in [-0.2, 0) is 11.2 Å². The Hall–Kier alpha value is -3.71. The summed E-state index contributed by atoms with van der Waals surface area (Å²) in [5, 5.41) is 2.83. The summed E-state index contributed by atoms with van der Waals surface area (Å²) < 4.78 is 0. The number of nitrogens with one attached hydrogen (secondary N) is 1. The standard InChI is InChI=1S/C25H22N2O2/c1-2-19-9-12-21(13-10-19)24(28)15-16-25(29)27-23-8-5-6-20(18-23)11-14-22-7-3-4-17-26-22/h3-10,12-13,17-18H,2,15-16H2,1H3,(H,27,29). The van der Waals surface area contributed by atoms with E-state index in [0.717, 1.165) is 12.0 Å². The lowest BCUT2D eigenvalue weighted by molar-refractivity contribution is -0.116. The molecular formula is C25H22N2O2. The van der Waals surface area contributed by atoms with Gasteiger partial charge in [-0.2, -0.15) is 0 Å². The molecule has 144 valence electrons. The number of Topliss-reactive ketones (excluding diaryl/α,β-unsaturated/α-hetero) is 1. The second-order valence-electron chi connectivity index (χ2n) is 6.57. The molecule has 1 aromatic heterocycles. The molecule has 1 amide bonds. The number of benzene rings is 2. The molecule has 0 radical (unpaired) electrons. The zero-order valence-electron chi connectivity index (χ0n) is 16.3. The molecule has 0 atom stereocenters. The molecule has 1 heterocycles. The van der Waals surface area contributed by atoms with Crippen molar-refractivity contribution in [2.45, 2.75) is 26.2 Å². The summed E-state index contributed by atoms with van der Waals surface area (Å²) in [4.78, 5) is 28.7. The number of aromatic nitrogens is 1. The topological polar surface area (TPSA) is 59.1 Å². The molecule has 1 N–H and O–H groups in total. The number of hydrogen-bond acceptors (Lipinski definition) is 3. The van der Waals surface area contributed by atoms with Crippen molar-refractivity contribution >= 4 is 17.4 Å². The van der Waals surface area contributed by atoms with Gasteiger partial charge in [-0.05, 0) is 48.2 Å². The number of ketones is 1. The molecule has 0 saturated carbocycles. The maximum Gasteiger partial charge on any atom is 0.224 e. The van der Waals surface area contributed by atoms with E-state index < -0.39 is 0 Å². The van der Waals surface area contributed by atoms with Crippen LogP contribution in [0, 0.1) is 11.8 Å². The monoisotopic (exact) mass is 382 g/mol. The Morgan fingerprint density at radius 2 is 1.76 bits per heavy atom. The smallest absolute Gasteiger partial charge is 0.224 e. The van der Waals surface area contributed by atoms with Crippen LogP contribution in [0.4, 0.5) is 5.69 Å². The number of carbonyl (C=O) groups is 2. The van der Waals surface area contributed by atoms with Gasteiger partial charge in [-0.1, -0.05) is 49.2 Å². The maximum absolute atomic E-state index is 12.3. The number of carbonyl (C=O) groups excluding carboxylic acids is 2. The normalized spacial score (nSPS) is 9.97. The summed E-state index contributed by atoms with van der Waals surface area (Å²) in [6, 6.07) is 20.4. The number of amides is 1. The van der Waals surface area contributed by atoms with E-state index in [-0.39, 0.29) is 24.5 Å². The third kappa shape index (κ3) is 6.15. The van der Waals surface area contributed by atoms with Crippen molar-refractivity contribution in [3.05, 3.63) is 95.3 Å². The van der Waals surface area contributed by atoms with Crippen molar-refractivity contribution in [2.75, 3.05) is 5.32 Å². The fourth-order valence-corrected chi connectivity index (χ4v) is 2.77. The van der Waals surface area contributed by atoms with E-state index in [9.17, 15) is 9.59 Å². The third-order valence-electron chi connectivity index (χ3n) is 4.41. The second-order valence-corrected chi connectivity index (χ2v) is 6.57. The molecule has 0 aliphatic heterocycles. The van der Waals surface area contributed by atoms with Gasteiger partial charge < -0.3 is 5.32 Å². The van der Waals surface area contributed by atoms with Crippen LogP contribution in [0.1, 0.15) is 46.9 Å². The minimum atomic E-state index is -0.196. The predicted molar refractivity (Wildman–Crippen MR) is 115 cm³/mol. The van der Waals surface area contributed by atoms with Crippen molar-refractivity contribution in [1.29, 1.82) is 0 Å². The highest BCUT2D eigenvalue weighted by atomic mass is 16.2. The van der Waals surface area contributed by atoms with E-state index in [2.05, 4.69) is 29.1 Å². The minimum absolute atomic E-state index is 0.0298. The molecule has 4 nitrogen and oxygen atoms in total. The maximum atomic E-state index is 12.3. The lowest BCUT2D eigenvalue weighted by Gasteiger charge is -2.06. The van der Waals surface area contributed by atoms with Gasteiger partial charge in [0.15, 0.2) is 5.78 Å². The SMILES string of the molecule is CCc1ccc(C(=O)CCC(=O)Nc2cccc(C#Cc3ccccn3)c2)cc1. The van der Waals surface area contributed by atoms with Gasteiger partial charge in [-0.25, -0.2) is 4.98 Å². The van der Waals surface area contributed by atoms with E-state index in [1.165, 1.54) is 5.56 Å². The number of anilines is 1. The van der Waals surface area contributed by atoms with Crippen LogP contribution in [0.15, 0.2) is 72.9 Å². The predicted octanol–water partition coefficient (Wildman–Crippen LogP) is 4.65. The third-order valence-corrected chi connectivity index (χ3v) is 4.41. The number of nitrogens with zero attached hydrogens (tertiary/aromatic N) is 1. The van der Waals surface area contributed by atoms with E-state index in [1.807, 2.05) is 54.6 Å². The Morgan fingerprint density at radius 3 is 2.48 bits per heavy atom. The fraction of sp³-hybridized carbons (Fsp3) is 0.160. The number of aryl methyl sites for hydroxylation is 1. The average Bonchev–Trinajstić information content (AvgIpc) is 2.77. The molecule has 0 saturated heterocycles. The first-order valence-corrected chi connectivity index (χ1v) is 9.59. The highest BCUT2D eigenvalue weighted by Crippen LogP contribution is 2.12. The van der Waals surface area contributed by atoms with Crippen molar-refractivity contribution in [1.82, 2.24) is 4.98 Å². The van der Waals surface area contributed by atoms with Crippen LogP contribution >= 0.6 is 0 Å². The molecule has 0 aliphatic carbocycles. The lowest BCUT2D eigenvalue weighted by atomic mass is 10.0. The molecule has 3 rings (SSSR count). The van der Waals surface area contributed by atoms with Gasteiger partial charge in [-0.15, -0.1) is 0 Å². The molecular weight excluding hydrogens is 360 g/mol. The summed E-state index contributed by atoms with van der Waals surface area (Å²) in [6.45, 7) is 2.07. The van der Waals surface area contributed by atoms with Crippen LogP contribution < -0.4 is 5.32 Å². The molecule has 0 spiro atoms. The highest BCUT2D eigenvalue weighted by molar-refractivity contribution is 6.00. The van der Waals surface area contributed by atoms with Crippen LogP contribution in [0.25, 0.3) is 0 Å². The quantitative estimate of drug-likeness (QED) is 0.499. The zero-order valence-corrected chi connectivity index (χ0v) is 16.3. The van der Waals surface area contributed by atoms with Gasteiger partial charge in [0.2, 0.25) is 5.91 Å². The summed E-state index contributed by atoms with van der Waals surface area (Å²) >= 11 is 0. The molecule has 29 heavy (non-hydrogen) atoms. The lowest BCUT2D eigenvalue weighted by Crippen LogP contribution is -2.13. The van der Waals surface area contributed by atoms with Gasteiger partial charge in [0.05, 0.1) is 0 Å². The summed E-state index contributed by atoms with van der Waals surface area (Å²) in [6.07, 6.45) is 2.94. The first-order valence-electron chi connectivity index (χ1n) is 9.59. The minimum Gasteiger partial charge on any atom is -0.326 e. The Bertz CT molecular complexity index is 1050. The Morgan fingerprint density at radius 1 is 0.931 bits per heavy atom. The molecule has 0 unspecified atom stereocenters. The molecule has 2 aromatic carbocycles. The Labute approximate surface area is 171 Å². The van der Waals surface area contributed by atoms with Gasteiger partial charge >= 0.3 is 0 Å². The number of pyridine rings is 1. The van der Waals surface area contributed by atoms with Gasteiger partial charge in [0, 0.05) is 35.9 Å². The Balaban J connectivity index is 1.55. The number of hydrogen-bond donors (Lipinski definition) is 1. The average molecular weight is 382 g/mol. The molecule has 3 aromatic rings. The largest absolute Gasteiger partial charge is 0.326 e. The summed E-state index contributed by atoms with van der Waals surface area (Å²) in [7, 11) is 0. The van der Waals surface area contributed by atoms with Crippen molar-refractivity contribution in [2.24, 2.45) is 0 Å². The van der Waals surface area contributed by atoms with Crippen molar-refractivity contribution in [3.8, 4) is 11.8 Å². The van der Waals surface area contributed by atoms with Gasteiger partial charge in [0.25, 0.3) is 0 Å². The molecule has 0 fully saturated rings. The van der Waals surface area contributed by atoms with E-state index in [1.54, 1.807) is 18.3 Å². The number of rotatable bonds is 6. The van der Waals surface area contributed by atoms with Crippen molar-refractivity contribution in [3.63, 3.8) is 0 Å². The fourth-order valence-electron chi connectivity index (χ4n) is 2.77. The van der Waals surface area contributed by atoms with Gasteiger partial charge in [0.1, 0.15) is 5.69 Å². The van der Waals surface area contributed by atoms with Gasteiger partial charge in [-0.3, -0.25) is 9.59 Å². The molecule has 0 aliphatic rings. The molecule has 4 heteroatoms. The first-order chi connectivity index (χ1) is 14.1. The van der Waals surface area contributed by atoms with Crippen LogP contribution in [0.3, 0.4) is 0 Å². The van der Waals surface area contributed by atoms with E-state index in [0.29, 0.717) is 16.9 Å². The second kappa shape index (κ2) is 10.0. The van der Waals surface area contributed by atoms with Crippen LogP contribution in [0.5, 0.6) is 0 Å². The van der Waals surface area contributed by atoms with E-state index >= 15 is 0 Å². The van der Waals surface area contributed by atoms with E-state index in [4.69, 9.17) is 0 Å². The van der Waals surface area contributed by atoms with Crippen molar-refractivity contribution < 1.29 is 9.59 Å². The zero-order chi connectivity index (χ0) is 20.5. The first kappa shape index (κ1) is 20.0. The summed E-state index contributed by atoms with van der Waals surface area (Å²) in [5.74, 6) is 5.80. The van der Waals surface area contributed by atoms with Crippen LogP contribution in [0.2, 0.25) is 0 Å². The summed E-state index contributed by atoms with van der Waals surface area (Å²) in [5.41, 5.74) is 3.95.